The zero-order valence-electron chi connectivity index (χ0n) is 18.6. The van der Waals surface area contributed by atoms with E-state index in [-0.39, 0.29) is 0 Å². The number of rotatable bonds is 4. The minimum Gasteiger partial charge on any atom is -0.399 e. The molecule has 1 saturated heterocycles. The molecule has 0 spiro atoms. The maximum absolute atomic E-state index is 13.6. The molecular formula is C20H31BF3NO3S. The molecule has 1 aromatic rings. The second kappa shape index (κ2) is 7.66. The predicted molar refractivity (Wildman–Crippen MR) is 111 cm³/mol. The van der Waals surface area contributed by atoms with Gasteiger partial charge in [0.25, 0.3) is 0 Å². The maximum atomic E-state index is 13.6. The van der Waals surface area contributed by atoms with Crippen LogP contribution in [0.25, 0.3) is 0 Å². The number of hydrogen-bond acceptors (Lipinski definition) is 3. The molecule has 0 N–H and O–H groups in total. The third kappa shape index (κ3) is 5.06. The van der Waals surface area contributed by atoms with Gasteiger partial charge in [-0.05, 0) is 72.5 Å². The van der Waals surface area contributed by atoms with Crippen molar-refractivity contribution in [1.82, 2.24) is 4.31 Å². The first-order valence-electron chi connectivity index (χ1n) is 9.59. The van der Waals surface area contributed by atoms with Gasteiger partial charge in [-0.25, -0.2) is 8.51 Å². The van der Waals surface area contributed by atoms with Crippen molar-refractivity contribution in [3.63, 3.8) is 0 Å². The van der Waals surface area contributed by atoms with E-state index in [1.165, 1.54) is 0 Å². The molecular weight excluding hydrogens is 402 g/mol. The Balaban J connectivity index is 2.50. The van der Waals surface area contributed by atoms with E-state index >= 15 is 0 Å². The van der Waals surface area contributed by atoms with Crippen LogP contribution in [0, 0.1) is 0 Å². The highest BCUT2D eigenvalue weighted by atomic mass is 32.2. The van der Waals surface area contributed by atoms with Gasteiger partial charge < -0.3 is 9.31 Å². The molecule has 1 aromatic carbocycles. The van der Waals surface area contributed by atoms with Crippen molar-refractivity contribution < 1.29 is 26.7 Å². The summed E-state index contributed by atoms with van der Waals surface area (Å²) in [6.07, 6.45) is -4.52. The summed E-state index contributed by atoms with van der Waals surface area (Å²) in [5.41, 5.74) is -1.40. The molecule has 1 heterocycles. The Morgan fingerprint density at radius 1 is 1.03 bits per heavy atom. The third-order valence-electron chi connectivity index (χ3n) is 5.64. The van der Waals surface area contributed by atoms with Gasteiger partial charge in [-0.15, -0.1) is 0 Å². The number of nitrogens with zero attached hydrogens (tertiary/aromatic N) is 1. The first kappa shape index (κ1) is 24.4. The standard InChI is InChI=1S/C20H31BF3NO3S/c1-13(25(9)29(26)17(2,3)4)14-10-15(20(22,23)24)12-16(11-14)21-27-18(5,6)19(7,8)28-21/h10-13H,1-9H3/t13-,29+/m1/s1. The Kier molecular flexibility index (Phi) is 6.44. The van der Waals surface area contributed by atoms with Crippen LogP contribution in [0.15, 0.2) is 18.2 Å². The fraction of sp³-hybridized carbons (Fsp3) is 0.700. The van der Waals surface area contributed by atoms with Crippen LogP contribution in [0.2, 0.25) is 0 Å². The number of hydrogen-bond donors (Lipinski definition) is 0. The molecule has 0 aromatic heterocycles. The van der Waals surface area contributed by atoms with E-state index < -0.39 is 51.8 Å². The molecule has 0 radical (unpaired) electrons. The quantitative estimate of drug-likeness (QED) is 0.659. The van der Waals surface area contributed by atoms with Gasteiger partial charge >= 0.3 is 13.3 Å². The molecule has 0 saturated carbocycles. The smallest absolute Gasteiger partial charge is 0.399 e. The van der Waals surface area contributed by atoms with Gasteiger partial charge in [0.05, 0.1) is 32.5 Å². The van der Waals surface area contributed by atoms with Gasteiger partial charge in [0.15, 0.2) is 0 Å². The van der Waals surface area contributed by atoms with E-state index in [2.05, 4.69) is 0 Å². The zero-order valence-corrected chi connectivity index (χ0v) is 19.4. The fourth-order valence-electron chi connectivity index (χ4n) is 2.98. The Labute approximate surface area is 174 Å². The van der Waals surface area contributed by atoms with Crippen LogP contribution in [0.4, 0.5) is 13.2 Å². The molecule has 0 bridgehead atoms. The average Bonchev–Trinajstić information content (AvgIpc) is 2.78. The molecule has 1 fully saturated rings. The van der Waals surface area contributed by atoms with Crippen LogP contribution < -0.4 is 5.46 Å². The Morgan fingerprint density at radius 3 is 1.93 bits per heavy atom. The Bertz CT molecular complexity index is 774. The summed E-state index contributed by atoms with van der Waals surface area (Å²) in [6, 6.07) is 3.33. The lowest BCUT2D eigenvalue weighted by molar-refractivity contribution is -0.137. The number of benzene rings is 1. The van der Waals surface area contributed by atoms with Crippen molar-refractivity contribution in [2.45, 2.75) is 83.6 Å². The van der Waals surface area contributed by atoms with Crippen LogP contribution in [0.1, 0.15) is 72.6 Å². The molecule has 4 nitrogen and oxygen atoms in total. The molecule has 0 aliphatic carbocycles. The van der Waals surface area contributed by atoms with Gasteiger partial charge in [-0.1, -0.05) is 12.1 Å². The van der Waals surface area contributed by atoms with E-state index in [1.807, 2.05) is 48.5 Å². The molecule has 2 atom stereocenters. The van der Waals surface area contributed by atoms with E-state index in [4.69, 9.17) is 9.31 Å². The minimum atomic E-state index is -4.52. The molecule has 29 heavy (non-hydrogen) atoms. The topological polar surface area (TPSA) is 38.8 Å². The largest absolute Gasteiger partial charge is 0.494 e. The van der Waals surface area contributed by atoms with E-state index in [9.17, 15) is 17.4 Å². The van der Waals surface area contributed by atoms with Gasteiger partial charge in [0, 0.05) is 13.1 Å². The van der Waals surface area contributed by atoms with Crippen molar-refractivity contribution in [1.29, 1.82) is 0 Å². The molecule has 0 amide bonds. The van der Waals surface area contributed by atoms with Crippen LogP contribution >= 0.6 is 0 Å². The molecule has 164 valence electrons. The third-order valence-corrected chi connectivity index (χ3v) is 7.53. The van der Waals surface area contributed by atoms with Crippen molar-refractivity contribution in [3.8, 4) is 0 Å². The summed E-state index contributed by atoms with van der Waals surface area (Å²) in [4.78, 5) is 0. The summed E-state index contributed by atoms with van der Waals surface area (Å²) in [5, 5.41) is 0. The lowest BCUT2D eigenvalue weighted by atomic mass is 9.77. The SMILES string of the molecule is C[C@H](c1cc(B2OC(C)(C)C(C)(C)O2)cc(C(F)(F)F)c1)N(C)[S@@](=O)C(C)(C)C. The molecule has 1 aliphatic heterocycles. The Morgan fingerprint density at radius 2 is 1.52 bits per heavy atom. The highest BCUT2D eigenvalue weighted by Gasteiger charge is 2.52. The lowest BCUT2D eigenvalue weighted by Gasteiger charge is -2.32. The van der Waals surface area contributed by atoms with E-state index in [0.717, 1.165) is 12.1 Å². The molecule has 9 heteroatoms. The van der Waals surface area contributed by atoms with Crippen molar-refractivity contribution in [2.24, 2.45) is 0 Å². The highest BCUT2D eigenvalue weighted by Crippen LogP contribution is 2.38. The summed E-state index contributed by atoms with van der Waals surface area (Å²) >= 11 is 0. The summed E-state index contributed by atoms with van der Waals surface area (Å²) in [6.45, 7) is 14.6. The summed E-state index contributed by atoms with van der Waals surface area (Å²) < 4.78 is 66.5. The maximum Gasteiger partial charge on any atom is 0.494 e. The predicted octanol–water partition coefficient (Wildman–Crippen LogP) is 4.46. The van der Waals surface area contributed by atoms with Crippen LogP contribution in [-0.2, 0) is 26.5 Å². The van der Waals surface area contributed by atoms with Crippen molar-refractivity contribution in [3.05, 3.63) is 29.3 Å². The van der Waals surface area contributed by atoms with Crippen LogP contribution in [0.5, 0.6) is 0 Å². The molecule has 1 aliphatic rings. The lowest BCUT2D eigenvalue weighted by Crippen LogP contribution is -2.41. The summed E-state index contributed by atoms with van der Waals surface area (Å²) in [5.74, 6) is 0. The molecule has 2 rings (SSSR count). The number of alkyl halides is 3. The summed E-state index contributed by atoms with van der Waals surface area (Å²) in [7, 11) is -0.641. The van der Waals surface area contributed by atoms with Gasteiger partial charge in [0.1, 0.15) is 0 Å². The van der Waals surface area contributed by atoms with Crippen molar-refractivity contribution >= 4 is 23.6 Å². The normalized spacial score (nSPS) is 21.5. The van der Waals surface area contributed by atoms with E-state index in [1.54, 1.807) is 24.3 Å². The minimum absolute atomic E-state index is 0.301. The van der Waals surface area contributed by atoms with Gasteiger partial charge in [-0.2, -0.15) is 13.2 Å². The first-order valence-corrected chi connectivity index (χ1v) is 10.7. The Hall–Kier alpha value is -0.895. The average molecular weight is 433 g/mol. The first-order chi connectivity index (χ1) is 12.9. The second-order valence-corrected chi connectivity index (χ2v) is 11.9. The fourth-order valence-corrected chi connectivity index (χ4v) is 4.26. The zero-order chi connectivity index (χ0) is 22.6. The second-order valence-electron chi connectivity index (χ2n) is 9.56. The van der Waals surface area contributed by atoms with E-state index in [0.29, 0.717) is 11.0 Å². The molecule has 0 unspecified atom stereocenters. The van der Waals surface area contributed by atoms with Crippen molar-refractivity contribution in [2.75, 3.05) is 7.05 Å². The number of halogens is 3. The highest BCUT2D eigenvalue weighted by molar-refractivity contribution is 7.84. The van der Waals surface area contributed by atoms with Gasteiger partial charge in [-0.3, -0.25) is 0 Å². The monoisotopic (exact) mass is 433 g/mol. The van der Waals surface area contributed by atoms with Crippen LogP contribution in [0.3, 0.4) is 0 Å². The van der Waals surface area contributed by atoms with Gasteiger partial charge in [0.2, 0.25) is 0 Å². The van der Waals surface area contributed by atoms with Crippen LogP contribution in [-0.4, -0.2) is 38.6 Å².